The van der Waals surface area contributed by atoms with Gasteiger partial charge in [-0.25, -0.2) is 19.4 Å². The largest absolute Gasteiger partial charge is 0.480 e. The van der Waals surface area contributed by atoms with E-state index in [1.165, 1.54) is 0 Å². The fourth-order valence-corrected chi connectivity index (χ4v) is 6.37. The van der Waals surface area contributed by atoms with E-state index in [1.54, 1.807) is 61.0 Å². The first kappa shape index (κ1) is 44.2. The van der Waals surface area contributed by atoms with Gasteiger partial charge in [0, 0.05) is 31.7 Å². The third-order valence-corrected chi connectivity index (χ3v) is 9.25. The number of hydrogen-bond donors (Lipinski definition) is 4. The van der Waals surface area contributed by atoms with Crippen LogP contribution in [-0.2, 0) is 26.1 Å². The van der Waals surface area contributed by atoms with Crippen molar-refractivity contribution in [1.82, 2.24) is 20.2 Å². The lowest BCUT2D eigenvalue weighted by atomic mass is 9.92. The van der Waals surface area contributed by atoms with Gasteiger partial charge in [0.15, 0.2) is 0 Å². The number of aliphatic carboxylic acids is 1. The quantitative estimate of drug-likeness (QED) is 0.115. The Morgan fingerprint density at radius 2 is 1.20 bits per heavy atom. The first-order chi connectivity index (χ1) is 25.1. The molecule has 1 aromatic heterocycles. The van der Waals surface area contributed by atoms with E-state index >= 15 is 0 Å². The molecule has 3 amide bonds. The van der Waals surface area contributed by atoms with Gasteiger partial charge in [-0.05, 0) is 140 Å². The monoisotopic (exact) mass is 965 g/mol. The number of alkyl carbamates (subject to hydrolysis) is 2. The van der Waals surface area contributed by atoms with Crippen molar-refractivity contribution in [3.8, 4) is 11.3 Å². The number of aryl methyl sites for hydroxylation is 1. The zero-order valence-corrected chi connectivity index (χ0v) is 36.3. The Balaban J connectivity index is 0.000000322. The van der Waals surface area contributed by atoms with Crippen molar-refractivity contribution in [2.45, 2.75) is 90.5 Å². The van der Waals surface area contributed by atoms with E-state index in [-0.39, 0.29) is 17.7 Å². The predicted octanol–water partition coefficient (Wildman–Crippen LogP) is 8.70. The number of imidazole rings is 1. The number of rotatable bonds is 10. The number of benzene rings is 3. The zero-order chi connectivity index (χ0) is 40.4. The summed E-state index contributed by atoms with van der Waals surface area (Å²) in [5.74, 6) is -2.06. The highest BCUT2D eigenvalue weighted by Gasteiger charge is 2.31. The minimum atomic E-state index is -1.09. The van der Waals surface area contributed by atoms with Crippen molar-refractivity contribution in [2.24, 2.45) is 7.05 Å². The van der Waals surface area contributed by atoms with Gasteiger partial charge in [-0.1, -0.05) is 50.2 Å². The van der Waals surface area contributed by atoms with Crippen molar-refractivity contribution >= 4 is 74.9 Å². The van der Waals surface area contributed by atoms with E-state index in [9.17, 15) is 24.3 Å². The Morgan fingerprint density at radius 1 is 0.741 bits per heavy atom. The number of carboxylic acids is 1. The number of carbonyl (C=O) groups excluding carboxylic acids is 3. The number of halogens is 2. The van der Waals surface area contributed by atoms with Crippen LogP contribution in [0.3, 0.4) is 0 Å². The molecular formula is C40H49I2N5O7. The maximum Gasteiger partial charge on any atom is 0.408 e. The van der Waals surface area contributed by atoms with Crippen LogP contribution in [0.1, 0.15) is 78.4 Å². The molecule has 2 unspecified atom stereocenters. The summed E-state index contributed by atoms with van der Waals surface area (Å²) in [5.41, 5.74) is 3.07. The van der Waals surface area contributed by atoms with Gasteiger partial charge < -0.3 is 35.1 Å². The van der Waals surface area contributed by atoms with Crippen LogP contribution in [0.4, 0.5) is 15.3 Å². The van der Waals surface area contributed by atoms with Crippen LogP contribution >= 0.6 is 45.2 Å². The van der Waals surface area contributed by atoms with Crippen LogP contribution in [0.25, 0.3) is 11.3 Å². The molecule has 4 rings (SSSR count). The Morgan fingerprint density at radius 3 is 1.61 bits per heavy atom. The summed E-state index contributed by atoms with van der Waals surface area (Å²) in [4.78, 5) is 53.1. The number of anilines is 1. The summed E-state index contributed by atoms with van der Waals surface area (Å²) in [7, 11) is 1.93. The first-order valence-corrected chi connectivity index (χ1v) is 19.4. The predicted molar refractivity (Wildman–Crippen MR) is 226 cm³/mol. The summed E-state index contributed by atoms with van der Waals surface area (Å²) >= 11 is 4.40. The number of amides is 3. The highest BCUT2D eigenvalue weighted by Crippen LogP contribution is 2.25. The average Bonchev–Trinajstić information content (AvgIpc) is 3.50. The lowest BCUT2D eigenvalue weighted by Crippen LogP contribution is -2.48. The second kappa shape index (κ2) is 19.4. The standard InChI is InChI=1S/C25H29IN4O3.C15H20INO4/c1-16(18-7-6-8-19(26)13-18)22(29-24(32)33-25(2,3)4)23(31)28-20-11-9-17(10-12-20)21-14-27-15-30(21)5;1-9(10-6-5-7-11(16)8-10)12(13(18)19)17-14(20)21-15(2,3)4/h6-16,22H,1-5H3,(H,28,31)(H,29,32);5-9,12H,1-4H3,(H,17,20)(H,18,19)/t16?,22-;9?,12-/m00/s1. The van der Waals surface area contributed by atoms with Gasteiger partial charge >= 0.3 is 18.2 Å². The second-order valence-corrected chi connectivity index (χ2v) is 17.2. The van der Waals surface area contributed by atoms with Gasteiger partial charge in [-0.15, -0.1) is 0 Å². The molecule has 0 fully saturated rings. The van der Waals surface area contributed by atoms with Crippen LogP contribution in [0, 0.1) is 7.14 Å². The van der Waals surface area contributed by atoms with Crippen molar-refractivity contribution in [2.75, 3.05) is 5.32 Å². The van der Waals surface area contributed by atoms with Crippen LogP contribution in [0.2, 0.25) is 0 Å². The Labute approximate surface area is 344 Å². The topological polar surface area (TPSA) is 161 Å². The normalized spacial score (nSPS) is 13.5. The fourth-order valence-electron chi connectivity index (χ4n) is 5.23. The summed E-state index contributed by atoms with van der Waals surface area (Å²) in [6, 6.07) is 21.1. The van der Waals surface area contributed by atoms with Crippen molar-refractivity contribution < 1.29 is 33.8 Å². The molecule has 1 heterocycles. The zero-order valence-electron chi connectivity index (χ0n) is 31.9. The molecule has 290 valence electrons. The fraction of sp³-hybridized carbons (Fsp3) is 0.375. The molecule has 4 atom stereocenters. The molecule has 4 N–H and O–H groups in total. The van der Waals surface area contributed by atoms with E-state index < -0.39 is 41.4 Å². The molecule has 12 nitrogen and oxygen atoms in total. The molecule has 0 spiro atoms. The minimum Gasteiger partial charge on any atom is -0.480 e. The smallest absolute Gasteiger partial charge is 0.408 e. The van der Waals surface area contributed by atoms with Gasteiger partial charge in [0.2, 0.25) is 5.91 Å². The molecular weight excluding hydrogens is 916 g/mol. The highest BCUT2D eigenvalue weighted by molar-refractivity contribution is 14.1. The van der Waals surface area contributed by atoms with E-state index in [1.807, 2.05) is 91.3 Å². The third kappa shape index (κ3) is 14.2. The Hall–Kier alpha value is -4.19. The lowest BCUT2D eigenvalue weighted by Gasteiger charge is -2.27. The van der Waals surface area contributed by atoms with E-state index in [2.05, 4.69) is 66.1 Å². The molecule has 4 aromatic rings. The lowest BCUT2D eigenvalue weighted by molar-refractivity contribution is -0.140. The molecule has 0 bridgehead atoms. The molecule has 0 radical (unpaired) electrons. The summed E-state index contributed by atoms with van der Waals surface area (Å²) in [6.45, 7) is 14.2. The number of nitrogens with one attached hydrogen (secondary N) is 3. The number of carboxylic acid groups (broad SMARTS) is 1. The number of nitrogens with zero attached hydrogens (tertiary/aromatic N) is 2. The molecule has 0 aliphatic carbocycles. The van der Waals surface area contributed by atoms with Crippen LogP contribution in [0.15, 0.2) is 85.3 Å². The van der Waals surface area contributed by atoms with Gasteiger partial charge in [-0.2, -0.15) is 0 Å². The molecule has 3 aromatic carbocycles. The van der Waals surface area contributed by atoms with E-state index in [4.69, 9.17) is 9.47 Å². The number of carbonyl (C=O) groups is 4. The van der Waals surface area contributed by atoms with E-state index in [0.717, 1.165) is 29.5 Å². The minimum absolute atomic E-state index is 0.277. The summed E-state index contributed by atoms with van der Waals surface area (Å²) < 4.78 is 14.5. The number of ether oxygens (including phenoxy) is 2. The number of aromatic nitrogens is 2. The van der Waals surface area contributed by atoms with Gasteiger partial charge in [0.1, 0.15) is 23.3 Å². The number of hydrogen-bond acceptors (Lipinski definition) is 7. The maximum absolute atomic E-state index is 13.3. The Kier molecular flexibility index (Phi) is 15.9. The third-order valence-electron chi connectivity index (χ3n) is 7.91. The van der Waals surface area contributed by atoms with Crippen molar-refractivity contribution in [1.29, 1.82) is 0 Å². The van der Waals surface area contributed by atoms with Gasteiger partial charge in [0.05, 0.1) is 18.2 Å². The molecule has 0 saturated heterocycles. The highest BCUT2D eigenvalue weighted by atomic mass is 127. The SMILES string of the molecule is CC(c1cccc(I)c1)[C@H](NC(=O)OC(C)(C)C)C(=O)Nc1ccc(-c2cncn2C)cc1.CC(c1cccc(I)c1)[C@H](NC(=O)OC(C)(C)C)C(=O)O. The average molecular weight is 966 g/mol. The van der Waals surface area contributed by atoms with Crippen molar-refractivity contribution in [3.05, 3.63) is 104 Å². The van der Waals surface area contributed by atoms with Gasteiger partial charge in [0.25, 0.3) is 0 Å². The maximum atomic E-state index is 13.3. The van der Waals surface area contributed by atoms with Crippen LogP contribution in [-0.4, -0.2) is 62.0 Å². The van der Waals surface area contributed by atoms with Crippen LogP contribution in [0.5, 0.6) is 0 Å². The second-order valence-electron chi connectivity index (χ2n) is 14.7. The van der Waals surface area contributed by atoms with Crippen LogP contribution < -0.4 is 16.0 Å². The van der Waals surface area contributed by atoms with Gasteiger partial charge in [-0.3, -0.25) is 4.79 Å². The van der Waals surface area contributed by atoms with E-state index in [0.29, 0.717) is 5.69 Å². The summed E-state index contributed by atoms with van der Waals surface area (Å²) in [6.07, 6.45) is 2.17. The first-order valence-electron chi connectivity index (χ1n) is 17.2. The molecule has 14 heteroatoms. The Bertz CT molecular complexity index is 1900. The van der Waals surface area contributed by atoms with Crippen molar-refractivity contribution in [3.63, 3.8) is 0 Å². The molecule has 0 aliphatic rings. The molecule has 0 aliphatic heterocycles. The summed E-state index contributed by atoms with van der Waals surface area (Å²) in [5, 5.41) is 17.5. The molecule has 54 heavy (non-hydrogen) atoms. The molecule has 0 saturated carbocycles.